The maximum absolute atomic E-state index is 11.7. The molecule has 0 unspecified atom stereocenters. The van der Waals surface area contributed by atoms with Crippen molar-refractivity contribution < 1.29 is 9.53 Å². The quantitative estimate of drug-likeness (QED) is 0.555. The van der Waals surface area contributed by atoms with E-state index in [9.17, 15) is 4.79 Å². The zero-order valence-electron chi connectivity index (χ0n) is 14.0. The van der Waals surface area contributed by atoms with Crippen LogP contribution in [0, 0.1) is 23.7 Å². The van der Waals surface area contributed by atoms with Crippen LogP contribution in [0.25, 0.3) is 6.08 Å². The van der Waals surface area contributed by atoms with Crippen molar-refractivity contribution in [2.45, 2.75) is 12.8 Å². The molecule has 0 spiro atoms. The van der Waals surface area contributed by atoms with Crippen molar-refractivity contribution in [3.05, 3.63) is 78.4 Å². The molecule has 2 heteroatoms. The second-order valence-corrected chi connectivity index (χ2v) is 6.47. The van der Waals surface area contributed by atoms with Crippen LogP contribution in [0.5, 0.6) is 0 Å². The van der Waals surface area contributed by atoms with Crippen LogP contribution in [0.2, 0.25) is 0 Å². The number of hydrogen-bond donors (Lipinski definition) is 0. The number of esters is 1. The van der Waals surface area contributed by atoms with Gasteiger partial charge in [0.2, 0.25) is 0 Å². The normalized spacial score (nSPS) is 28.0. The van der Waals surface area contributed by atoms with Gasteiger partial charge in [-0.15, -0.1) is 0 Å². The topological polar surface area (TPSA) is 26.3 Å². The molecule has 0 saturated heterocycles. The number of allylic oxidation sites excluding steroid dienone is 7. The van der Waals surface area contributed by atoms with E-state index >= 15 is 0 Å². The summed E-state index contributed by atoms with van der Waals surface area (Å²) in [5, 5.41) is 0. The fraction of sp³-hybridized carbons (Fsp3) is 0.318. The average Bonchev–Trinajstić information content (AvgIpc) is 2.63. The first-order chi connectivity index (χ1) is 11.8. The third-order valence-electron chi connectivity index (χ3n) is 5.13. The maximum atomic E-state index is 11.7. The zero-order chi connectivity index (χ0) is 16.8. The molecule has 4 atom stereocenters. The van der Waals surface area contributed by atoms with Gasteiger partial charge in [0.1, 0.15) is 0 Å². The van der Waals surface area contributed by atoms with Crippen molar-refractivity contribution in [3.63, 3.8) is 0 Å². The Morgan fingerprint density at radius 1 is 1.04 bits per heavy atom. The lowest BCUT2D eigenvalue weighted by Crippen LogP contribution is -2.46. The lowest BCUT2D eigenvalue weighted by atomic mass is 9.53. The third-order valence-corrected chi connectivity index (χ3v) is 5.13. The van der Waals surface area contributed by atoms with Crippen molar-refractivity contribution in [2.75, 3.05) is 7.11 Å². The molecule has 2 aliphatic carbocycles. The Bertz CT molecular complexity index is 666. The number of carbonyl (C=O) groups excluding carboxylic acids is 1. The molecule has 1 aromatic carbocycles. The minimum absolute atomic E-state index is 0.0978. The minimum Gasteiger partial charge on any atom is -0.469 e. The maximum Gasteiger partial charge on any atom is 0.305 e. The predicted molar refractivity (Wildman–Crippen MR) is 98.1 cm³/mol. The summed E-state index contributed by atoms with van der Waals surface area (Å²) in [6.45, 7) is 0. The van der Waals surface area contributed by atoms with E-state index < -0.39 is 0 Å². The standard InChI is InChI=1S/C22H24O2/c1-24-22(23)16-21-19(18-14-8-9-15-20(18)21)13-7-3-6-12-17-10-4-2-5-11-17/h2-12,14-15,18-21H,13,16H2,1H3/b7-3+,12-6+/t18-,19-,20-,21+/m1/s1. The van der Waals surface area contributed by atoms with E-state index in [2.05, 4.69) is 60.7 Å². The Labute approximate surface area is 144 Å². The molecule has 3 rings (SSSR count). The second kappa shape index (κ2) is 7.96. The Morgan fingerprint density at radius 3 is 2.46 bits per heavy atom. The van der Waals surface area contributed by atoms with Crippen molar-refractivity contribution in [2.24, 2.45) is 23.7 Å². The van der Waals surface area contributed by atoms with Crippen LogP contribution in [0.15, 0.2) is 72.9 Å². The van der Waals surface area contributed by atoms with Crippen molar-refractivity contribution in [1.29, 1.82) is 0 Å². The number of fused-ring (bicyclic) bond motifs is 1. The van der Waals surface area contributed by atoms with Crippen LogP contribution in [-0.2, 0) is 9.53 Å². The summed E-state index contributed by atoms with van der Waals surface area (Å²) in [7, 11) is 1.47. The second-order valence-electron chi connectivity index (χ2n) is 6.47. The molecule has 0 bridgehead atoms. The molecule has 1 aromatic rings. The SMILES string of the molecule is COC(=O)C[C@@H]1[C@@H]2C=CC=C[C@@H]2[C@H]1C/C=C/C=C/c1ccccc1. The molecule has 1 fully saturated rings. The first-order valence-electron chi connectivity index (χ1n) is 8.59. The van der Waals surface area contributed by atoms with Gasteiger partial charge in [0, 0.05) is 6.42 Å². The highest BCUT2D eigenvalue weighted by molar-refractivity contribution is 5.70. The number of benzene rings is 1. The fourth-order valence-corrected chi connectivity index (χ4v) is 3.86. The number of rotatable bonds is 6. The van der Waals surface area contributed by atoms with Crippen molar-refractivity contribution in [1.82, 2.24) is 0 Å². The number of methoxy groups -OCH3 is 1. The van der Waals surface area contributed by atoms with E-state index in [0.717, 1.165) is 6.42 Å². The van der Waals surface area contributed by atoms with E-state index in [1.807, 2.05) is 18.2 Å². The molecule has 2 nitrogen and oxygen atoms in total. The fourth-order valence-electron chi connectivity index (χ4n) is 3.86. The van der Waals surface area contributed by atoms with Gasteiger partial charge in [-0.05, 0) is 35.7 Å². The molecule has 24 heavy (non-hydrogen) atoms. The van der Waals surface area contributed by atoms with Gasteiger partial charge < -0.3 is 4.74 Å². The van der Waals surface area contributed by atoms with Gasteiger partial charge in [-0.2, -0.15) is 0 Å². The van der Waals surface area contributed by atoms with Gasteiger partial charge in [-0.25, -0.2) is 0 Å². The van der Waals surface area contributed by atoms with Crippen molar-refractivity contribution in [3.8, 4) is 0 Å². The molecule has 0 radical (unpaired) electrons. The zero-order valence-corrected chi connectivity index (χ0v) is 14.0. The predicted octanol–water partition coefficient (Wildman–Crippen LogP) is 4.81. The molecule has 0 aliphatic heterocycles. The van der Waals surface area contributed by atoms with E-state index in [-0.39, 0.29) is 5.97 Å². The van der Waals surface area contributed by atoms with Gasteiger partial charge in [-0.1, -0.05) is 78.9 Å². The molecule has 0 heterocycles. The summed E-state index contributed by atoms with van der Waals surface area (Å²) in [6.07, 6.45) is 18.8. The summed E-state index contributed by atoms with van der Waals surface area (Å²) in [4.78, 5) is 11.7. The largest absolute Gasteiger partial charge is 0.469 e. The molecule has 2 aliphatic rings. The van der Waals surface area contributed by atoms with Gasteiger partial charge in [-0.3, -0.25) is 4.79 Å². The van der Waals surface area contributed by atoms with Gasteiger partial charge in [0.05, 0.1) is 7.11 Å². The molecule has 1 saturated carbocycles. The Hall–Kier alpha value is -2.35. The number of carbonyl (C=O) groups is 1. The Balaban J connectivity index is 1.57. The van der Waals surface area contributed by atoms with Crippen LogP contribution in [0.4, 0.5) is 0 Å². The summed E-state index contributed by atoms with van der Waals surface area (Å²) >= 11 is 0. The molecule has 0 amide bonds. The highest BCUT2D eigenvalue weighted by Gasteiger charge is 2.48. The van der Waals surface area contributed by atoms with Crippen LogP contribution in [0.3, 0.4) is 0 Å². The number of hydrogen-bond acceptors (Lipinski definition) is 2. The van der Waals surface area contributed by atoms with E-state index in [0.29, 0.717) is 30.1 Å². The van der Waals surface area contributed by atoms with Crippen LogP contribution in [-0.4, -0.2) is 13.1 Å². The van der Waals surface area contributed by atoms with Gasteiger partial charge in [0.15, 0.2) is 0 Å². The smallest absolute Gasteiger partial charge is 0.305 e. The Kier molecular flexibility index (Phi) is 5.47. The monoisotopic (exact) mass is 320 g/mol. The lowest BCUT2D eigenvalue weighted by molar-refractivity contribution is -0.145. The van der Waals surface area contributed by atoms with Gasteiger partial charge in [0.25, 0.3) is 0 Å². The van der Waals surface area contributed by atoms with Crippen LogP contribution in [0.1, 0.15) is 18.4 Å². The van der Waals surface area contributed by atoms with Gasteiger partial charge >= 0.3 is 5.97 Å². The minimum atomic E-state index is -0.0978. The summed E-state index contributed by atoms with van der Waals surface area (Å²) < 4.78 is 4.87. The van der Waals surface area contributed by atoms with Crippen LogP contribution < -0.4 is 0 Å². The highest BCUT2D eigenvalue weighted by Crippen LogP contribution is 2.52. The summed E-state index contributed by atoms with van der Waals surface area (Å²) in [5.41, 5.74) is 1.20. The first kappa shape index (κ1) is 16.5. The van der Waals surface area contributed by atoms with E-state index in [4.69, 9.17) is 4.74 Å². The molecular weight excluding hydrogens is 296 g/mol. The molecule has 124 valence electrons. The molecule has 0 N–H and O–H groups in total. The van der Waals surface area contributed by atoms with Crippen molar-refractivity contribution >= 4 is 12.0 Å². The van der Waals surface area contributed by atoms with E-state index in [1.165, 1.54) is 12.7 Å². The summed E-state index contributed by atoms with van der Waals surface area (Å²) in [6, 6.07) is 10.3. The summed E-state index contributed by atoms with van der Waals surface area (Å²) in [5.74, 6) is 1.88. The Morgan fingerprint density at radius 2 is 1.75 bits per heavy atom. The molecular formula is C22H24O2. The van der Waals surface area contributed by atoms with E-state index in [1.54, 1.807) is 0 Å². The average molecular weight is 320 g/mol. The third kappa shape index (κ3) is 3.76. The lowest BCUT2D eigenvalue weighted by Gasteiger charge is -2.50. The first-order valence-corrected chi connectivity index (χ1v) is 8.59. The molecule has 0 aromatic heterocycles. The van der Waals surface area contributed by atoms with Crippen LogP contribution >= 0.6 is 0 Å². The number of ether oxygens (including phenoxy) is 1. The highest BCUT2D eigenvalue weighted by atomic mass is 16.5.